The van der Waals surface area contributed by atoms with Crippen molar-refractivity contribution in [2.45, 2.75) is 40.7 Å². The number of imidazole rings is 1. The average Bonchev–Trinajstić information content (AvgIpc) is 3.13. The van der Waals surface area contributed by atoms with Gasteiger partial charge in [0, 0.05) is 19.0 Å². The molecule has 0 atom stereocenters. The zero-order valence-corrected chi connectivity index (χ0v) is 15.3. The van der Waals surface area contributed by atoms with E-state index in [9.17, 15) is 9.59 Å². The Morgan fingerprint density at radius 2 is 1.96 bits per heavy atom. The summed E-state index contributed by atoms with van der Waals surface area (Å²) >= 11 is 0. The molecule has 3 rings (SSSR count). The second-order valence-corrected chi connectivity index (χ2v) is 6.25. The fourth-order valence-electron chi connectivity index (χ4n) is 2.92. The van der Waals surface area contributed by atoms with E-state index in [0.717, 1.165) is 18.4 Å². The smallest absolute Gasteiger partial charge is 0.295 e. The topological polar surface area (TPSA) is 142 Å². The molecule has 0 aliphatic carbocycles. The standard InChI is InChI=1S/C18H22N6O3.CH4/c1-10-15(27-11(2)21-10)17(26)23-18-22-13-9-12(16(20)25)5-6-14(13)24(18)8-4-3-7-19;/h5-6,9H,3-4,7-8,19H2,1-2H3,(H2,20,25)(H,22,23,26);1H4. The van der Waals surface area contributed by atoms with E-state index < -0.39 is 11.8 Å². The maximum atomic E-state index is 12.6. The molecule has 2 heterocycles. The molecule has 0 saturated heterocycles. The molecule has 0 unspecified atom stereocenters. The number of primary amides is 1. The number of nitrogens with one attached hydrogen (secondary N) is 1. The van der Waals surface area contributed by atoms with Gasteiger partial charge in [-0.25, -0.2) is 9.97 Å². The van der Waals surface area contributed by atoms with Crippen molar-refractivity contribution in [3.8, 4) is 0 Å². The molecule has 0 radical (unpaired) electrons. The lowest BCUT2D eigenvalue weighted by atomic mass is 10.2. The molecule has 9 heteroatoms. The Morgan fingerprint density at radius 3 is 2.57 bits per heavy atom. The fraction of sp³-hybridized carbons (Fsp3) is 0.368. The number of aryl methyl sites for hydroxylation is 3. The van der Waals surface area contributed by atoms with E-state index in [4.69, 9.17) is 15.9 Å². The Bertz CT molecular complexity index is 1000. The van der Waals surface area contributed by atoms with Crippen LogP contribution in [0.1, 0.15) is 52.8 Å². The van der Waals surface area contributed by atoms with Crippen LogP contribution in [0.4, 0.5) is 5.95 Å². The normalized spacial score (nSPS) is 10.7. The number of carbonyl (C=O) groups excluding carboxylic acids is 2. The van der Waals surface area contributed by atoms with Gasteiger partial charge in [-0.2, -0.15) is 0 Å². The minimum atomic E-state index is -0.534. The van der Waals surface area contributed by atoms with Crippen LogP contribution in [-0.4, -0.2) is 32.9 Å². The maximum absolute atomic E-state index is 12.6. The predicted octanol–water partition coefficient (Wildman–Crippen LogP) is 2.37. The van der Waals surface area contributed by atoms with E-state index in [1.807, 2.05) is 4.57 Å². The van der Waals surface area contributed by atoms with Crippen molar-refractivity contribution < 1.29 is 14.0 Å². The highest BCUT2D eigenvalue weighted by Crippen LogP contribution is 2.23. The van der Waals surface area contributed by atoms with Gasteiger partial charge in [-0.05, 0) is 44.5 Å². The van der Waals surface area contributed by atoms with Gasteiger partial charge < -0.3 is 20.5 Å². The van der Waals surface area contributed by atoms with Crippen LogP contribution in [0, 0.1) is 13.8 Å². The summed E-state index contributed by atoms with van der Waals surface area (Å²) in [6, 6.07) is 5.02. The highest BCUT2D eigenvalue weighted by Gasteiger charge is 2.20. The first-order chi connectivity index (χ1) is 12.9. The van der Waals surface area contributed by atoms with Crippen molar-refractivity contribution in [3.05, 3.63) is 41.1 Å². The molecule has 0 bridgehead atoms. The molecule has 9 nitrogen and oxygen atoms in total. The van der Waals surface area contributed by atoms with Crippen LogP contribution in [0.5, 0.6) is 0 Å². The van der Waals surface area contributed by atoms with Crippen LogP contribution >= 0.6 is 0 Å². The van der Waals surface area contributed by atoms with Gasteiger partial charge in [-0.15, -0.1) is 0 Å². The number of rotatable bonds is 7. The van der Waals surface area contributed by atoms with Crippen LogP contribution < -0.4 is 16.8 Å². The summed E-state index contributed by atoms with van der Waals surface area (Å²) < 4.78 is 7.25. The number of benzene rings is 1. The lowest BCUT2D eigenvalue weighted by Crippen LogP contribution is -2.16. The fourth-order valence-corrected chi connectivity index (χ4v) is 2.92. The van der Waals surface area contributed by atoms with Gasteiger partial charge in [-0.1, -0.05) is 7.43 Å². The summed E-state index contributed by atoms with van der Waals surface area (Å²) in [5.74, 6) is -0.0419. The van der Waals surface area contributed by atoms with Gasteiger partial charge in [0.05, 0.1) is 16.7 Å². The Hall–Kier alpha value is -3.20. The van der Waals surface area contributed by atoms with Gasteiger partial charge in [0.25, 0.3) is 5.91 Å². The molecule has 2 aromatic heterocycles. The van der Waals surface area contributed by atoms with Gasteiger partial charge in [-0.3, -0.25) is 14.9 Å². The number of hydrogen-bond acceptors (Lipinski definition) is 6. The molecule has 0 aliphatic heterocycles. The van der Waals surface area contributed by atoms with E-state index in [1.165, 1.54) is 0 Å². The van der Waals surface area contributed by atoms with Gasteiger partial charge in [0.1, 0.15) is 0 Å². The number of fused-ring (bicyclic) bond motifs is 1. The number of nitrogens with zero attached hydrogens (tertiary/aromatic N) is 3. The third kappa shape index (κ3) is 4.20. The van der Waals surface area contributed by atoms with Crippen LogP contribution in [0.25, 0.3) is 11.0 Å². The van der Waals surface area contributed by atoms with Crippen molar-refractivity contribution in [3.63, 3.8) is 0 Å². The summed E-state index contributed by atoms with van der Waals surface area (Å²) in [7, 11) is 0. The highest BCUT2D eigenvalue weighted by atomic mass is 16.4. The number of aromatic nitrogens is 3. The molecule has 0 spiro atoms. The number of unbranched alkanes of at least 4 members (excludes halogenated alkanes) is 1. The monoisotopic (exact) mass is 386 g/mol. The number of oxazole rings is 1. The second-order valence-electron chi connectivity index (χ2n) is 6.25. The van der Waals surface area contributed by atoms with E-state index in [1.54, 1.807) is 32.0 Å². The molecule has 2 amide bonds. The lowest BCUT2D eigenvalue weighted by molar-refractivity contribution is 0.0988. The van der Waals surface area contributed by atoms with Crippen molar-refractivity contribution in [2.24, 2.45) is 11.5 Å². The van der Waals surface area contributed by atoms with Crippen LogP contribution in [-0.2, 0) is 6.54 Å². The van der Waals surface area contributed by atoms with Crippen LogP contribution in [0.2, 0.25) is 0 Å². The summed E-state index contributed by atoms with van der Waals surface area (Å²) in [6.07, 6.45) is 1.66. The first-order valence-corrected chi connectivity index (χ1v) is 8.66. The zero-order chi connectivity index (χ0) is 19.6. The molecule has 0 aliphatic rings. The molecule has 0 fully saturated rings. The number of anilines is 1. The molecular weight excluding hydrogens is 360 g/mol. The van der Waals surface area contributed by atoms with E-state index in [-0.39, 0.29) is 13.2 Å². The van der Waals surface area contributed by atoms with E-state index >= 15 is 0 Å². The van der Waals surface area contributed by atoms with Crippen molar-refractivity contribution in [1.82, 2.24) is 14.5 Å². The average molecular weight is 386 g/mol. The van der Waals surface area contributed by atoms with E-state index in [0.29, 0.717) is 41.7 Å². The highest BCUT2D eigenvalue weighted by molar-refractivity contribution is 6.03. The zero-order valence-electron chi connectivity index (χ0n) is 15.3. The predicted molar refractivity (Wildman–Crippen MR) is 107 cm³/mol. The quantitative estimate of drug-likeness (QED) is 0.532. The van der Waals surface area contributed by atoms with Crippen LogP contribution in [0.3, 0.4) is 0 Å². The molecular formula is C19H26N6O3. The van der Waals surface area contributed by atoms with Crippen LogP contribution in [0.15, 0.2) is 22.6 Å². The second kappa shape index (κ2) is 8.66. The summed E-state index contributed by atoms with van der Waals surface area (Å²) in [5.41, 5.74) is 13.1. The molecule has 28 heavy (non-hydrogen) atoms. The number of carbonyl (C=O) groups is 2. The first kappa shape index (κ1) is 21.1. The molecule has 1 aromatic carbocycles. The molecule has 5 N–H and O–H groups in total. The Balaban J connectivity index is 0.00000280. The largest absolute Gasteiger partial charge is 0.436 e. The first-order valence-electron chi connectivity index (χ1n) is 8.66. The van der Waals surface area contributed by atoms with Crippen molar-refractivity contribution >= 4 is 28.8 Å². The minimum absolute atomic E-state index is 0. The summed E-state index contributed by atoms with van der Waals surface area (Å²) in [6.45, 7) is 4.58. The van der Waals surface area contributed by atoms with E-state index in [2.05, 4.69) is 15.3 Å². The Morgan fingerprint density at radius 1 is 1.21 bits per heavy atom. The number of nitrogens with two attached hydrogens (primary N) is 2. The summed E-state index contributed by atoms with van der Waals surface area (Å²) in [5, 5.41) is 2.78. The van der Waals surface area contributed by atoms with Crippen molar-refractivity contribution in [2.75, 3.05) is 11.9 Å². The third-order valence-corrected chi connectivity index (χ3v) is 4.20. The number of amides is 2. The third-order valence-electron chi connectivity index (χ3n) is 4.20. The van der Waals surface area contributed by atoms with Gasteiger partial charge >= 0.3 is 0 Å². The Kier molecular flexibility index (Phi) is 6.53. The molecule has 3 aromatic rings. The Labute approximate surface area is 163 Å². The minimum Gasteiger partial charge on any atom is -0.436 e. The SMILES string of the molecule is C.Cc1nc(C)c(C(=O)Nc2nc3cc(C(N)=O)ccc3n2CCCCN)o1. The number of hydrogen-bond donors (Lipinski definition) is 3. The maximum Gasteiger partial charge on any atom is 0.295 e. The van der Waals surface area contributed by atoms with Gasteiger partial charge in [0.2, 0.25) is 17.6 Å². The lowest BCUT2D eigenvalue weighted by Gasteiger charge is -2.09. The van der Waals surface area contributed by atoms with Gasteiger partial charge in [0.15, 0.2) is 5.89 Å². The van der Waals surface area contributed by atoms with Crippen molar-refractivity contribution in [1.29, 1.82) is 0 Å². The summed E-state index contributed by atoms with van der Waals surface area (Å²) in [4.78, 5) is 32.6. The molecule has 150 valence electrons. The molecule has 0 saturated carbocycles.